The van der Waals surface area contributed by atoms with Crippen LogP contribution in [-0.2, 0) is 16.0 Å². The van der Waals surface area contributed by atoms with E-state index in [0.29, 0.717) is 6.61 Å². The molecule has 0 spiro atoms. The summed E-state index contributed by atoms with van der Waals surface area (Å²) in [5.41, 5.74) is 2.38. The van der Waals surface area contributed by atoms with E-state index in [9.17, 15) is 4.79 Å². The average molecular weight is 252 g/mol. The fourth-order valence-electron chi connectivity index (χ4n) is 2.69. The predicted molar refractivity (Wildman–Crippen MR) is 66.5 cm³/mol. The number of benzene rings is 1. The second-order valence-corrected chi connectivity index (χ2v) is 4.98. The molecule has 1 saturated heterocycles. The highest BCUT2D eigenvalue weighted by atomic mass is 35.5. The van der Waals surface area contributed by atoms with Crippen molar-refractivity contribution in [2.24, 2.45) is 0 Å². The molecular formula is C13H14ClNO2. The van der Waals surface area contributed by atoms with Crippen LogP contribution in [0.1, 0.15) is 18.4 Å². The number of carbonyl (C=O) groups excluding carboxylic acids is 1. The largest absolute Gasteiger partial charge is 0.464 e. The molecule has 0 aliphatic carbocycles. The van der Waals surface area contributed by atoms with Crippen molar-refractivity contribution < 1.29 is 9.53 Å². The zero-order chi connectivity index (χ0) is 11.8. The number of carbonyl (C=O) groups is 1. The fourth-order valence-corrected chi connectivity index (χ4v) is 2.88. The van der Waals surface area contributed by atoms with Crippen molar-refractivity contribution in [1.82, 2.24) is 0 Å². The van der Waals surface area contributed by atoms with E-state index in [4.69, 9.17) is 16.3 Å². The molecule has 1 aromatic carbocycles. The molecule has 1 atom stereocenters. The molecule has 2 heterocycles. The van der Waals surface area contributed by atoms with Gasteiger partial charge in [0.2, 0.25) is 0 Å². The van der Waals surface area contributed by atoms with Gasteiger partial charge in [0, 0.05) is 23.7 Å². The number of fused-ring (bicyclic) bond motifs is 1. The lowest BCUT2D eigenvalue weighted by atomic mass is 9.99. The summed E-state index contributed by atoms with van der Waals surface area (Å²) in [6, 6.07) is 5.81. The maximum absolute atomic E-state index is 11.7. The molecule has 0 radical (unpaired) electrons. The predicted octanol–water partition coefficient (Wildman–Crippen LogP) is 2.41. The normalized spacial score (nSPS) is 23.5. The highest BCUT2D eigenvalue weighted by molar-refractivity contribution is 6.30. The van der Waals surface area contributed by atoms with Gasteiger partial charge in [0.15, 0.2) is 0 Å². The van der Waals surface area contributed by atoms with Gasteiger partial charge in [0.05, 0.1) is 6.61 Å². The highest BCUT2D eigenvalue weighted by Gasteiger charge is 2.34. The van der Waals surface area contributed by atoms with Crippen LogP contribution in [0.5, 0.6) is 0 Å². The van der Waals surface area contributed by atoms with Crippen molar-refractivity contribution >= 4 is 23.3 Å². The summed E-state index contributed by atoms with van der Waals surface area (Å²) in [6.45, 7) is 1.47. The molecule has 2 aliphatic rings. The van der Waals surface area contributed by atoms with Crippen molar-refractivity contribution in [1.29, 1.82) is 0 Å². The van der Waals surface area contributed by atoms with Crippen molar-refractivity contribution in [2.75, 3.05) is 18.1 Å². The Hall–Kier alpha value is -1.22. The molecule has 90 valence electrons. The van der Waals surface area contributed by atoms with Crippen LogP contribution in [0.3, 0.4) is 0 Å². The monoisotopic (exact) mass is 251 g/mol. The molecule has 17 heavy (non-hydrogen) atoms. The summed E-state index contributed by atoms with van der Waals surface area (Å²) in [5, 5.41) is 0.764. The zero-order valence-corrected chi connectivity index (χ0v) is 10.2. The molecular weight excluding hydrogens is 238 g/mol. The van der Waals surface area contributed by atoms with E-state index in [2.05, 4.69) is 4.90 Å². The van der Waals surface area contributed by atoms with Crippen LogP contribution in [0.25, 0.3) is 0 Å². The lowest BCUT2D eigenvalue weighted by Crippen LogP contribution is -2.41. The van der Waals surface area contributed by atoms with Gasteiger partial charge in [-0.2, -0.15) is 0 Å². The first-order valence-corrected chi connectivity index (χ1v) is 6.35. The van der Waals surface area contributed by atoms with E-state index in [0.717, 1.165) is 36.5 Å². The Bertz CT molecular complexity index is 461. The Labute approximate surface area is 105 Å². The van der Waals surface area contributed by atoms with Gasteiger partial charge >= 0.3 is 5.97 Å². The van der Waals surface area contributed by atoms with Gasteiger partial charge in [-0.1, -0.05) is 11.6 Å². The number of nitrogens with zero attached hydrogens (tertiary/aromatic N) is 1. The Morgan fingerprint density at radius 3 is 3.06 bits per heavy atom. The summed E-state index contributed by atoms with van der Waals surface area (Å²) in [6.07, 6.45) is 2.90. The van der Waals surface area contributed by atoms with E-state index in [1.54, 1.807) is 0 Å². The van der Waals surface area contributed by atoms with E-state index in [1.165, 1.54) is 5.56 Å². The molecule has 0 N–H and O–H groups in total. The molecule has 1 aromatic rings. The molecule has 3 nitrogen and oxygen atoms in total. The topological polar surface area (TPSA) is 29.5 Å². The lowest BCUT2D eigenvalue weighted by Gasteiger charge is -2.34. The van der Waals surface area contributed by atoms with Crippen LogP contribution in [0.2, 0.25) is 5.02 Å². The van der Waals surface area contributed by atoms with Gasteiger partial charge in [0.1, 0.15) is 6.04 Å². The Kier molecular flexibility index (Phi) is 2.71. The summed E-state index contributed by atoms with van der Waals surface area (Å²) in [7, 11) is 0. The van der Waals surface area contributed by atoms with Crippen LogP contribution >= 0.6 is 11.6 Å². The average Bonchev–Trinajstić information content (AvgIpc) is 2.74. The molecule has 1 fully saturated rings. The van der Waals surface area contributed by atoms with Crippen LogP contribution < -0.4 is 4.90 Å². The van der Waals surface area contributed by atoms with Gasteiger partial charge in [-0.05, 0) is 36.6 Å². The summed E-state index contributed by atoms with van der Waals surface area (Å²) in [4.78, 5) is 13.8. The maximum Gasteiger partial charge on any atom is 0.328 e. The molecule has 0 unspecified atom stereocenters. The summed E-state index contributed by atoms with van der Waals surface area (Å²) < 4.78 is 5.05. The van der Waals surface area contributed by atoms with Crippen molar-refractivity contribution in [3.8, 4) is 0 Å². The second-order valence-electron chi connectivity index (χ2n) is 4.54. The third-order valence-electron chi connectivity index (χ3n) is 3.48. The molecule has 0 saturated carbocycles. The minimum Gasteiger partial charge on any atom is -0.464 e. The van der Waals surface area contributed by atoms with Crippen molar-refractivity contribution in [3.63, 3.8) is 0 Å². The number of esters is 1. The molecule has 0 aromatic heterocycles. The standard InChI is InChI=1S/C13H14ClNO2/c14-10-3-4-11-9(8-10)2-1-6-15(11)12-5-7-17-13(12)16/h3-4,8,12H,1-2,5-7H2/t12-/m0/s1. The first-order chi connectivity index (χ1) is 8.25. The fraction of sp³-hybridized carbons (Fsp3) is 0.462. The smallest absolute Gasteiger partial charge is 0.328 e. The lowest BCUT2D eigenvalue weighted by molar-refractivity contribution is -0.139. The van der Waals surface area contributed by atoms with E-state index >= 15 is 0 Å². The molecule has 0 bridgehead atoms. The van der Waals surface area contributed by atoms with Crippen LogP contribution in [0, 0.1) is 0 Å². The summed E-state index contributed by atoms with van der Waals surface area (Å²) in [5.74, 6) is -0.0900. The first-order valence-electron chi connectivity index (χ1n) is 5.97. The minimum absolute atomic E-state index is 0.0900. The third kappa shape index (κ3) is 1.89. The third-order valence-corrected chi connectivity index (χ3v) is 3.72. The van der Waals surface area contributed by atoms with E-state index < -0.39 is 0 Å². The first kappa shape index (κ1) is 10.9. The quantitative estimate of drug-likeness (QED) is 0.718. The maximum atomic E-state index is 11.7. The van der Waals surface area contributed by atoms with Crippen molar-refractivity contribution in [2.45, 2.75) is 25.3 Å². The molecule has 4 heteroatoms. The van der Waals surface area contributed by atoms with Crippen LogP contribution in [0.4, 0.5) is 5.69 Å². The van der Waals surface area contributed by atoms with Crippen LogP contribution in [-0.4, -0.2) is 25.2 Å². The summed E-state index contributed by atoms with van der Waals surface area (Å²) >= 11 is 6.00. The van der Waals surface area contributed by atoms with E-state index in [-0.39, 0.29) is 12.0 Å². The Morgan fingerprint density at radius 2 is 2.29 bits per heavy atom. The minimum atomic E-state index is -0.102. The Balaban J connectivity index is 1.96. The molecule has 3 rings (SSSR count). The SMILES string of the molecule is O=C1OCC[C@@H]1N1CCCc2cc(Cl)ccc21. The highest BCUT2D eigenvalue weighted by Crippen LogP contribution is 2.32. The van der Waals surface area contributed by atoms with Crippen LogP contribution in [0.15, 0.2) is 18.2 Å². The number of halogens is 1. The molecule has 2 aliphatic heterocycles. The Morgan fingerprint density at radius 1 is 1.41 bits per heavy atom. The number of hydrogen-bond donors (Lipinski definition) is 0. The van der Waals surface area contributed by atoms with Gasteiger partial charge < -0.3 is 9.64 Å². The number of ether oxygens (including phenoxy) is 1. The number of cyclic esters (lactones) is 1. The van der Waals surface area contributed by atoms with E-state index in [1.807, 2.05) is 18.2 Å². The van der Waals surface area contributed by atoms with Gasteiger partial charge in [-0.15, -0.1) is 0 Å². The van der Waals surface area contributed by atoms with Crippen molar-refractivity contribution in [3.05, 3.63) is 28.8 Å². The van der Waals surface area contributed by atoms with Gasteiger partial charge in [-0.3, -0.25) is 0 Å². The number of rotatable bonds is 1. The second kappa shape index (κ2) is 4.22. The number of anilines is 1. The van der Waals surface area contributed by atoms with Gasteiger partial charge in [0.25, 0.3) is 0 Å². The zero-order valence-electron chi connectivity index (χ0n) is 9.49. The molecule has 0 amide bonds. The number of aryl methyl sites for hydroxylation is 1. The van der Waals surface area contributed by atoms with Gasteiger partial charge in [-0.25, -0.2) is 4.79 Å². The number of hydrogen-bond acceptors (Lipinski definition) is 3.